The minimum Gasteiger partial charge on any atom is -0.396 e. The summed E-state index contributed by atoms with van der Waals surface area (Å²) < 4.78 is 24.5. The number of rotatable bonds is 5. The first-order chi connectivity index (χ1) is 10.1. The smallest absolute Gasteiger partial charge is 0.192 e. The van der Waals surface area contributed by atoms with Crippen LogP contribution in [0.15, 0.2) is 34.5 Å². The molecule has 0 aromatic heterocycles. The van der Waals surface area contributed by atoms with Crippen molar-refractivity contribution in [2.45, 2.75) is 12.8 Å². The summed E-state index contributed by atoms with van der Waals surface area (Å²) in [5.74, 6) is 0.292. The maximum Gasteiger partial charge on any atom is 0.192 e. The zero-order valence-electron chi connectivity index (χ0n) is 11.7. The molecule has 0 unspecified atom stereocenters. The molecule has 1 heterocycles. The second-order valence-electron chi connectivity index (χ2n) is 4.90. The number of aliphatic hydroxyl groups is 1. The van der Waals surface area contributed by atoms with E-state index in [0.29, 0.717) is 25.0 Å². The van der Waals surface area contributed by atoms with Crippen molar-refractivity contribution in [2.24, 2.45) is 0 Å². The van der Waals surface area contributed by atoms with Crippen LogP contribution in [-0.4, -0.2) is 50.4 Å². The molecule has 0 atom stereocenters. The molecule has 0 amide bonds. The van der Waals surface area contributed by atoms with Crippen molar-refractivity contribution < 1.29 is 13.5 Å². The van der Waals surface area contributed by atoms with Gasteiger partial charge in [0.05, 0.1) is 11.0 Å². The highest BCUT2D eigenvalue weighted by Crippen LogP contribution is 2.29. The zero-order chi connectivity index (χ0) is 15.3. The molecule has 2 N–H and O–H groups in total. The van der Waals surface area contributed by atoms with Gasteiger partial charge in [0.1, 0.15) is 11.6 Å². The average Bonchev–Trinajstić information content (AvgIpc) is 2.93. The Labute approximate surface area is 125 Å². The van der Waals surface area contributed by atoms with Crippen molar-refractivity contribution in [1.29, 1.82) is 5.26 Å². The summed E-state index contributed by atoms with van der Waals surface area (Å²) in [4.78, 5) is 2.28. The zero-order valence-corrected chi connectivity index (χ0v) is 12.6. The highest BCUT2D eigenvalue weighted by molar-refractivity contribution is 7.95. The summed E-state index contributed by atoms with van der Waals surface area (Å²) in [5.41, 5.74) is 0.711. The Bertz CT molecular complexity index is 626. The molecule has 1 aliphatic carbocycles. The monoisotopic (exact) mass is 309 g/mol. The number of aliphatic hydroxyl groups excluding tert-OH is 1. The van der Waals surface area contributed by atoms with Crippen LogP contribution >= 0.6 is 0 Å². The van der Waals surface area contributed by atoms with Gasteiger partial charge in [-0.2, -0.15) is 5.26 Å². The number of hydrogen-bond donors (Lipinski definition) is 2. The Balaban J connectivity index is 2.37. The summed E-state index contributed by atoms with van der Waals surface area (Å²) in [5, 5.41) is 20.9. The predicted molar refractivity (Wildman–Crippen MR) is 79.5 cm³/mol. The number of nitrogens with zero attached hydrogens (tertiary/aromatic N) is 2. The minimum atomic E-state index is -3.59. The maximum absolute atomic E-state index is 12.2. The van der Waals surface area contributed by atoms with Gasteiger partial charge in [-0.15, -0.1) is 0 Å². The SMILES string of the molecule is N#CCS(=O)(=O)C1=CC=CCC1=C1NCCN1CCCO. The third-order valence-electron chi connectivity index (χ3n) is 3.46. The van der Waals surface area contributed by atoms with Gasteiger partial charge in [-0.25, -0.2) is 8.42 Å². The Kier molecular flexibility index (Phi) is 5.04. The predicted octanol–water partition coefficient (Wildman–Crippen LogP) is 0.268. The Morgan fingerprint density at radius 1 is 1.48 bits per heavy atom. The number of nitrogens with one attached hydrogen (secondary N) is 1. The van der Waals surface area contributed by atoms with Crippen LogP contribution in [0.4, 0.5) is 0 Å². The molecule has 1 fully saturated rings. The lowest BCUT2D eigenvalue weighted by Gasteiger charge is -2.23. The first-order valence-electron chi connectivity index (χ1n) is 6.90. The van der Waals surface area contributed by atoms with Crippen molar-refractivity contribution in [2.75, 3.05) is 32.0 Å². The summed E-state index contributed by atoms with van der Waals surface area (Å²) >= 11 is 0. The van der Waals surface area contributed by atoms with E-state index in [0.717, 1.165) is 18.9 Å². The molecule has 114 valence electrons. The molecule has 1 aliphatic heterocycles. The van der Waals surface area contributed by atoms with Crippen LogP contribution in [0.2, 0.25) is 0 Å². The highest BCUT2D eigenvalue weighted by atomic mass is 32.2. The first kappa shape index (κ1) is 15.6. The summed E-state index contributed by atoms with van der Waals surface area (Å²) in [6.07, 6.45) is 6.33. The third-order valence-corrected chi connectivity index (χ3v) is 5.02. The molecule has 1 saturated heterocycles. The molecule has 0 radical (unpaired) electrons. The summed E-state index contributed by atoms with van der Waals surface area (Å²) in [7, 11) is -3.59. The largest absolute Gasteiger partial charge is 0.396 e. The van der Waals surface area contributed by atoms with Crippen molar-refractivity contribution in [3.8, 4) is 6.07 Å². The molecular weight excluding hydrogens is 290 g/mol. The Hall–Kier alpha value is -1.78. The van der Waals surface area contributed by atoms with Crippen molar-refractivity contribution in [3.05, 3.63) is 34.5 Å². The van der Waals surface area contributed by atoms with E-state index in [1.807, 2.05) is 6.08 Å². The van der Waals surface area contributed by atoms with Crippen LogP contribution in [0, 0.1) is 11.3 Å². The summed E-state index contributed by atoms with van der Waals surface area (Å²) in [6.45, 7) is 2.32. The Morgan fingerprint density at radius 3 is 3.00 bits per heavy atom. The molecular formula is C14H19N3O3S. The Morgan fingerprint density at radius 2 is 2.29 bits per heavy atom. The number of allylic oxidation sites excluding steroid dienone is 4. The quantitative estimate of drug-likeness (QED) is 0.757. The first-order valence-corrected chi connectivity index (χ1v) is 8.55. The molecule has 0 saturated carbocycles. The molecule has 2 rings (SSSR count). The fraction of sp³-hybridized carbons (Fsp3) is 0.500. The maximum atomic E-state index is 12.2. The minimum absolute atomic E-state index is 0.106. The van der Waals surface area contributed by atoms with E-state index >= 15 is 0 Å². The lowest BCUT2D eigenvalue weighted by molar-refractivity contribution is 0.260. The lowest BCUT2D eigenvalue weighted by Crippen LogP contribution is -2.26. The van der Waals surface area contributed by atoms with E-state index in [4.69, 9.17) is 10.4 Å². The van der Waals surface area contributed by atoms with Gasteiger partial charge in [-0.3, -0.25) is 0 Å². The normalized spacial score (nSPS) is 21.9. The second-order valence-corrected chi connectivity index (χ2v) is 6.86. The van der Waals surface area contributed by atoms with Crippen LogP contribution in [0.1, 0.15) is 12.8 Å². The second kappa shape index (κ2) is 6.78. The standard InChI is InChI=1S/C14H19N3O3S/c15-6-11-21(19,20)13-5-2-1-4-12(13)14-16-7-9-17(14)8-3-10-18/h1-2,5,16,18H,3-4,7-11H2. The molecule has 21 heavy (non-hydrogen) atoms. The topological polar surface area (TPSA) is 93.4 Å². The van der Waals surface area contributed by atoms with E-state index in [1.165, 1.54) is 0 Å². The van der Waals surface area contributed by atoms with Crippen LogP contribution < -0.4 is 5.32 Å². The molecule has 2 aliphatic rings. The van der Waals surface area contributed by atoms with E-state index in [2.05, 4.69) is 10.2 Å². The van der Waals surface area contributed by atoms with E-state index in [-0.39, 0.29) is 11.5 Å². The fourth-order valence-electron chi connectivity index (χ4n) is 2.53. The van der Waals surface area contributed by atoms with Crippen LogP contribution in [0.25, 0.3) is 0 Å². The number of hydrogen-bond acceptors (Lipinski definition) is 6. The van der Waals surface area contributed by atoms with Gasteiger partial charge < -0.3 is 15.3 Å². The van der Waals surface area contributed by atoms with Gasteiger partial charge in [0.15, 0.2) is 9.84 Å². The van der Waals surface area contributed by atoms with Crippen molar-refractivity contribution in [3.63, 3.8) is 0 Å². The van der Waals surface area contributed by atoms with Gasteiger partial charge in [0.2, 0.25) is 0 Å². The van der Waals surface area contributed by atoms with E-state index < -0.39 is 15.6 Å². The lowest BCUT2D eigenvalue weighted by atomic mass is 10.1. The van der Waals surface area contributed by atoms with Gasteiger partial charge in [-0.1, -0.05) is 12.2 Å². The van der Waals surface area contributed by atoms with E-state index in [9.17, 15) is 8.42 Å². The fourth-order valence-corrected chi connectivity index (χ4v) is 3.69. The van der Waals surface area contributed by atoms with Crippen LogP contribution in [0.5, 0.6) is 0 Å². The average molecular weight is 309 g/mol. The third kappa shape index (κ3) is 3.46. The van der Waals surface area contributed by atoms with Gasteiger partial charge in [0, 0.05) is 31.8 Å². The van der Waals surface area contributed by atoms with Gasteiger partial charge in [0.25, 0.3) is 0 Å². The van der Waals surface area contributed by atoms with Crippen LogP contribution in [0.3, 0.4) is 0 Å². The van der Waals surface area contributed by atoms with E-state index in [1.54, 1.807) is 18.2 Å². The van der Waals surface area contributed by atoms with Crippen molar-refractivity contribution >= 4 is 9.84 Å². The molecule has 0 bridgehead atoms. The van der Waals surface area contributed by atoms with Gasteiger partial charge in [-0.05, 0) is 18.9 Å². The number of sulfone groups is 1. The number of nitriles is 1. The molecule has 0 aromatic carbocycles. The van der Waals surface area contributed by atoms with Gasteiger partial charge >= 0.3 is 0 Å². The van der Waals surface area contributed by atoms with Crippen molar-refractivity contribution in [1.82, 2.24) is 10.2 Å². The summed E-state index contributed by atoms with van der Waals surface area (Å²) in [6, 6.07) is 1.72. The molecule has 7 heteroatoms. The molecule has 0 aromatic rings. The molecule has 0 spiro atoms. The highest BCUT2D eigenvalue weighted by Gasteiger charge is 2.28. The van der Waals surface area contributed by atoms with Crippen LogP contribution in [-0.2, 0) is 9.84 Å². The molecule has 6 nitrogen and oxygen atoms in total.